The summed E-state index contributed by atoms with van der Waals surface area (Å²) in [5.74, 6) is -1.23. The van der Waals surface area contributed by atoms with Gasteiger partial charge in [-0.2, -0.15) is 0 Å². The molecule has 0 aliphatic heterocycles. The zero-order valence-corrected chi connectivity index (χ0v) is 12.0. The zero-order chi connectivity index (χ0) is 16.3. The molecule has 0 aromatic heterocycles. The van der Waals surface area contributed by atoms with Crippen molar-refractivity contribution >= 4 is 29.0 Å². The van der Waals surface area contributed by atoms with Crippen molar-refractivity contribution in [3.05, 3.63) is 74.3 Å². The molecule has 7 heteroatoms. The highest BCUT2D eigenvalue weighted by Crippen LogP contribution is 2.22. The molecular weight excluding hydrogens is 308 g/mol. The van der Waals surface area contributed by atoms with Gasteiger partial charge >= 0.3 is 0 Å². The fourth-order valence-electron chi connectivity index (χ4n) is 1.95. The van der Waals surface area contributed by atoms with Crippen LogP contribution in [0.25, 0.3) is 0 Å². The average molecular weight is 319 g/mol. The molecule has 6 nitrogen and oxygen atoms in total. The van der Waals surface area contributed by atoms with Gasteiger partial charge in [-0.3, -0.25) is 19.7 Å². The van der Waals surface area contributed by atoms with Crippen LogP contribution in [0, 0.1) is 10.1 Å². The number of nitro groups is 1. The summed E-state index contributed by atoms with van der Waals surface area (Å²) in [6, 6.07) is 10.0. The summed E-state index contributed by atoms with van der Waals surface area (Å²) >= 11 is 5.76. The number of nitro benzene ring substituents is 1. The van der Waals surface area contributed by atoms with E-state index in [9.17, 15) is 19.7 Å². The maximum Gasteiger partial charge on any atom is 0.280 e. The summed E-state index contributed by atoms with van der Waals surface area (Å²) < 4.78 is 0. The van der Waals surface area contributed by atoms with Crippen molar-refractivity contribution in [1.29, 1.82) is 0 Å². The lowest BCUT2D eigenvalue weighted by molar-refractivity contribution is -0.385. The predicted octanol–water partition coefficient (Wildman–Crippen LogP) is 2.77. The first-order valence-electron chi connectivity index (χ1n) is 6.24. The van der Waals surface area contributed by atoms with Crippen molar-refractivity contribution in [1.82, 2.24) is 0 Å². The number of hydrogen-bond acceptors (Lipinski definition) is 4. The number of carbonyl (C=O) groups excluding carboxylic acids is 2. The van der Waals surface area contributed by atoms with E-state index in [-0.39, 0.29) is 23.2 Å². The highest BCUT2D eigenvalue weighted by Gasteiger charge is 2.21. The molecule has 0 spiro atoms. The first-order valence-corrected chi connectivity index (χ1v) is 6.62. The quantitative estimate of drug-likeness (QED) is 0.520. The smallest absolute Gasteiger partial charge is 0.280 e. The Morgan fingerprint density at radius 3 is 2.32 bits per heavy atom. The minimum absolute atomic E-state index is 0.0414. The zero-order valence-electron chi connectivity index (χ0n) is 11.3. The third-order valence-corrected chi connectivity index (χ3v) is 3.31. The van der Waals surface area contributed by atoms with Gasteiger partial charge in [0.05, 0.1) is 10.5 Å². The van der Waals surface area contributed by atoms with Crippen LogP contribution in [0.5, 0.6) is 0 Å². The van der Waals surface area contributed by atoms with Crippen LogP contribution in [0.15, 0.2) is 42.5 Å². The number of halogens is 1. The topological polar surface area (TPSA) is 103 Å². The van der Waals surface area contributed by atoms with Gasteiger partial charge in [0.25, 0.3) is 5.69 Å². The predicted molar refractivity (Wildman–Crippen MR) is 81.1 cm³/mol. The van der Waals surface area contributed by atoms with Crippen LogP contribution in [0.4, 0.5) is 5.69 Å². The van der Waals surface area contributed by atoms with E-state index < -0.39 is 16.6 Å². The van der Waals surface area contributed by atoms with Gasteiger partial charge in [-0.05, 0) is 29.8 Å². The summed E-state index contributed by atoms with van der Waals surface area (Å²) in [4.78, 5) is 33.8. The lowest BCUT2D eigenvalue weighted by atomic mass is 9.99. The van der Waals surface area contributed by atoms with E-state index in [2.05, 4.69) is 0 Å². The Kier molecular flexibility index (Phi) is 4.53. The molecule has 0 saturated carbocycles. The van der Waals surface area contributed by atoms with Crippen molar-refractivity contribution < 1.29 is 14.5 Å². The molecule has 0 aliphatic rings. The highest BCUT2D eigenvalue weighted by molar-refractivity contribution is 6.30. The van der Waals surface area contributed by atoms with Crippen molar-refractivity contribution in [3.8, 4) is 0 Å². The van der Waals surface area contributed by atoms with Gasteiger partial charge in [-0.15, -0.1) is 0 Å². The Morgan fingerprint density at radius 1 is 1.14 bits per heavy atom. The van der Waals surface area contributed by atoms with Gasteiger partial charge in [0.15, 0.2) is 5.78 Å². The number of nitrogens with two attached hydrogens (primary N) is 1. The largest absolute Gasteiger partial charge is 0.366 e. The second-order valence-electron chi connectivity index (χ2n) is 4.58. The van der Waals surface area contributed by atoms with Crippen LogP contribution >= 0.6 is 11.6 Å². The van der Waals surface area contributed by atoms with Crippen LogP contribution in [-0.2, 0) is 6.42 Å². The Bertz CT molecular complexity index is 757. The summed E-state index contributed by atoms with van der Waals surface area (Å²) in [5.41, 5.74) is 5.35. The average Bonchev–Trinajstić information content (AvgIpc) is 2.48. The number of Topliss-reactive ketones (excluding diaryl/α,β-unsaturated/α-hetero) is 1. The summed E-state index contributed by atoms with van der Waals surface area (Å²) in [6.07, 6.45) is -0.0414. The van der Waals surface area contributed by atoms with Gasteiger partial charge in [0.1, 0.15) is 0 Å². The molecule has 0 saturated heterocycles. The number of hydrogen-bond donors (Lipinski definition) is 1. The molecule has 0 unspecified atom stereocenters. The minimum atomic E-state index is -0.754. The molecule has 2 aromatic carbocycles. The third-order valence-electron chi connectivity index (χ3n) is 3.06. The van der Waals surface area contributed by atoms with Gasteiger partial charge in [-0.1, -0.05) is 23.7 Å². The highest BCUT2D eigenvalue weighted by atomic mass is 35.5. The van der Waals surface area contributed by atoms with E-state index in [1.54, 1.807) is 24.3 Å². The Hall–Kier alpha value is -2.73. The standard InChI is InChI=1S/C15H11ClN2O4/c16-11-4-1-9(2-5-11)7-14(19)12-8-10(15(17)20)3-6-13(12)18(21)22/h1-6,8H,7H2,(H2,17,20). The molecule has 0 fully saturated rings. The van der Waals surface area contributed by atoms with Crippen molar-refractivity contribution in [2.75, 3.05) is 0 Å². The molecule has 0 radical (unpaired) electrons. The molecule has 22 heavy (non-hydrogen) atoms. The molecular formula is C15H11ClN2O4. The Labute approximate surface area is 130 Å². The van der Waals surface area contributed by atoms with Crippen LogP contribution in [0.2, 0.25) is 5.02 Å². The number of nitrogens with zero attached hydrogens (tertiary/aromatic N) is 1. The van der Waals surface area contributed by atoms with Crippen molar-refractivity contribution in [3.63, 3.8) is 0 Å². The maximum atomic E-state index is 12.3. The van der Waals surface area contributed by atoms with E-state index in [1.165, 1.54) is 6.07 Å². The lowest BCUT2D eigenvalue weighted by Crippen LogP contribution is -2.14. The summed E-state index contributed by atoms with van der Waals surface area (Å²) in [6.45, 7) is 0. The Morgan fingerprint density at radius 2 is 1.77 bits per heavy atom. The van der Waals surface area contributed by atoms with E-state index in [0.717, 1.165) is 12.1 Å². The number of amides is 1. The first kappa shape index (κ1) is 15.7. The fourth-order valence-corrected chi connectivity index (χ4v) is 2.08. The van der Waals surface area contributed by atoms with E-state index in [1.807, 2.05) is 0 Å². The van der Waals surface area contributed by atoms with E-state index in [4.69, 9.17) is 17.3 Å². The third kappa shape index (κ3) is 3.48. The molecule has 112 valence electrons. The molecule has 2 rings (SSSR count). The first-order chi connectivity index (χ1) is 10.4. The second-order valence-corrected chi connectivity index (χ2v) is 5.02. The molecule has 0 atom stereocenters. The molecule has 1 amide bonds. The van der Waals surface area contributed by atoms with Gasteiger partial charge in [0, 0.05) is 23.1 Å². The Balaban J connectivity index is 2.38. The molecule has 0 aliphatic carbocycles. The maximum absolute atomic E-state index is 12.3. The van der Waals surface area contributed by atoms with Gasteiger partial charge in [0.2, 0.25) is 5.91 Å². The lowest BCUT2D eigenvalue weighted by Gasteiger charge is -2.05. The molecule has 2 aromatic rings. The normalized spacial score (nSPS) is 10.2. The number of primary amides is 1. The van der Waals surface area contributed by atoms with Crippen LogP contribution in [0.3, 0.4) is 0 Å². The van der Waals surface area contributed by atoms with Gasteiger partial charge in [-0.25, -0.2) is 0 Å². The fraction of sp³-hybridized carbons (Fsp3) is 0.0667. The van der Waals surface area contributed by atoms with Crippen molar-refractivity contribution in [2.24, 2.45) is 5.73 Å². The molecule has 0 heterocycles. The number of rotatable bonds is 5. The minimum Gasteiger partial charge on any atom is -0.366 e. The SMILES string of the molecule is NC(=O)c1ccc([N+](=O)[O-])c(C(=O)Cc2ccc(Cl)cc2)c1. The van der Waals surface area contributed by atoms with Crippen LogP contribution in [-0.4, -0.2) is 16.6 Å². The van der Waals surface area contributed by atoms with Crippen molar-refractivity contribution in [2.45, 2.75) is 6.42 Å². The van der Waals surface area contributed by atoms with E-state index >= 15 is 0 Å². The number of carbonyl (C=O) groups is 2. The second kappa shape index (κ2) is 6.36. The number of ketones is 1. The molecule has 2 N–H and O–H groups in total. The van der Waals surface area contributed by atoms with Crippen LogP contribution in [0.1, 0.15) is 26.3 Å². The number of benzene rings is 2. The summed E-state index contributed by atoms with van der Waals surface area (Å²) in [5, 5.41) is 11.6. The van der Waals surface area contributed by atoms with Crippen LogP contribution < -0.4 is 5.73 Å². The summed E-state index contributed by atoms with van der Waals surface area (Å²) in [7, 11) is 0. The van der Waals surface area contributed by atoms with Gasteiger partial charge < -0.3 is 5.73 Å². The molecule has 0 bridgehead atoms. The monoisotopic (exact) mass is 318 g/mol. The van der Waals surface area contributed by atoms with E-state index in [0.29, 0.717) is 10.6 Å².